The Labute approximate surface area is 119 Å². The predicted molar refractivity (Wildman–Crippen MR) is 76.2 cm³/mol. The molecule has 1 aliphatic heterocycles. The molecule has 0 amide bonds. The summed E-state index contributed by atoms with van der Waals surface area (Å²) in [5.41, 5.74) is 1.97. The summed E-state index contributed by atoms with van der Waals surface area (Å²) in [5.74, 6) is 0. The number of carbonyl (C=O) groups is 1. The molecule has 0 saturated carbocycles. The molecular formula is C16H20O4. The molecule has 0 atom stereocenters. The lowest BCUT2D eigenvalue weighted by atomic mass is 9.87. The first-order valence-electron chi connectivity index (χ1n) is 6.76. The Morgan fingerprint density at radius 1 is 1.30 bits per heavy atom. The van der Waals surface area contributed by atoms with Crippen LogP contribution >= 0.6 is 0 Å². The fourth-order valence-corrected chi connectivity index (χ4v) is 2.03. The number of benzene rings is 1. The molecule has 1 aliphatic rings. The van der Waals surface area contributed by atoms with Gasteiger partial charge in [-0.2, -0.15) is 0 Å². The SMILES string of the molecule is C=Cc1ccc(COCC2(CC)COC(=O)OC2)cc1. The number of ether oxygens (including phenoxy) is 3. The monoisotopic (exact) mass is 276 g/mol. The van der Waals surface area contributed by atoms with Crippen molar-refractivity contribution >= 4 is 12.2 Å². The molecular weight excluding hydrogens is 256 g/mol. The van der Waals surface area contributed by atoms with Crippen molar-refractivity contribution in [2.75, 3.05) is 19.8 Å². The van der Waals surface area contributed by atoms with Gasteiger partial charge in [-0.15, -0.1) is 0 Å². The Morgan fingerprint density at radius 3 is 2.50 bits per heavy atom. The molecule has 108 valence electrons. The van der Waals surface area contributed by atoms with Crippen LogP contribution in [0.4, 0.5) is 4.79 Å². The maximum absolute atomic E-state index is 10.9. The molecule has 0 N–H and O–H groups in total. The average molecular weight is 276 g/mol. The summed E-state index contributed by atoms with van der Waals surface area (Å²) in [5, 5.41) is 0. The molecule has 0 aliphatic carbocycles. The van der Waals surface area contributed by atoms with Gasteiger partial charge in [0.1, 0.15) is 13.2 Å². The zero-order valence-corrected chi connectivity index (χ0v) is 11.8. The highest BCUT2D eigenvalue weighted by atomic mass is 16.7. The van der Waals surface area contributed by atoms with Crippen LogP contribution < -0.4 is 0 Å². The summed E-state index contributed by atoms with van der Waals surface area (Å²) in [6.45, 7) is 7.54. The second-order valence-electron chi connectivity index (χ2n) is 5.12. The average Bonchev–Trinajstić information content (AvgIpc) is 2.50. The Bertz CT molecular complexity index is 454. The van der Waals surface area contributed by atoms with Crippen molar-refractivity contribution in [1.29, 1.82) is 0 Å². The predicted octanol–water partition coefficient (Wildman–Crippen LogP) is 3.41. The number of hydrogen-bond donors (Lipinski definition) is 0. The molecule has 0 bridgehead atoms. The van der Waals surface area contributed by atoms with Crippen molar-refractivity contribution in [3.05, 3.63) is 42.0 Å². The second-order valence-corrected chi connectivity index (χ2v) is 5.12. The van der Waals surface area contributed by atoms with Crippen molar-refractivity contribution in [2.45, 2.75) is 20.0 Å². The maximum atomic E-state index is 10.9. The van der Waals surface area contributed by atoms with Gasteiger partial charge in [0.2, 0.25) is 0 Å². The molecule has 1 aromatic carbocycles. The highest BCUT2D eigenvalue weighted by Gasteiger charge is 2.36. The first-order chi connectivity index (χ1) is 9.67. The molecule has 4 nitrogen and oxygen atoms in total. The topological polar surface area (TPSA) is 44.8 Å². The molecule has 1 heterocycles. The van der Waals surface area contributed by atoms with E-state index in [0.717, 1.165) is 17.5 Å². The van der Waals surface area contributed by atoms with Gasteiger partial charge in [0, 0.05) is 0 Å². The maximum Gasteiger partial charge on any atom is 0.508 e. The number of hydrogen-bond acceptors (Lipinski definition) is 4. The minimum absolute atomic E-state index is 0.227. The van der Waals surface area contributed by atoms with Crippen LogP contribution in [-0.4, -0.2) is 26.0 Å². The zero-order valence-electron chi connectivity index (χ0n) is 11.8. The lowest BCUT2D eigenvalue weighted by Gasteiger charge is -2.34. The molecule has 4 heteroatoms. The number of cyclic esters (lactones) is 2. The van der Waals surface area contributed by atoms with E-state index < -0.39 is 6.16 Å². The van der Waals surface area contributed by atoms with E-state index in [2.05, 4.69) is 6.58 Å². The summed E-state index contributed by atoms with van der Waals surface area (Å²) >= 11 is 0. The van der Waals surface area contributed by atoms with Gasteiger partial charge in [-0.25, -0.2) is 4.79 Å². The van der Waals surface area contributed by atoms with Crippen molar-refractivity contribution in [2.24, 2.45) is 5.41 Å². The van der Waals surface area contributed by atoms with Crippen LogP contribution in [-0.2, 0) is 20.8 Å². The van der Waals surface area contributed by atoms with E-state index in [1.807, 2.05) is 37.3 Å². The molecule has 0 aromatic heterocycles. The van der Waals surface area contributed by atoms with Gasteiger partial charge in [-0.3, -0.25) is 0 Å². The highest BCUT2D eigenvalue weighted by Crippen LogP contribution is 2.27. The Kier molecular flexibility index (Phi) is 4.79. The van der Waals surface area contributed by atoms with Gasteiger partial charge >= 0.3 is 6.16 Å². The molecule has 1 aromatic rings. The van der Waals surface area contributed by atoms with E-state index in [-0.39, 0.29) is 5.41 Å². The lowest BCUT2D eigenvalue weighted by molar-refractivity contribution is -0.0976. The first-order valence-corrected chi connectivity index (χ1v) is 6.76. The Hall–Kier alpha value is -1.81. The standard InChI is InChI=1S/C16H20O4/c1-3-13-5-7-14(8-6-13)9-18-10-16(4-2)11-19-15(17)20-12-16/h3,5-8H,1,4,9-12H2,2H3. The quantitative estimate of drug-likeness (QED) is 0.747. The highest BCUT2D eigenvalue weighted by molar-refractivity contribution is 5.60. The van der Waals surface area contributed by atoms with Gasteiger partial charge < -0.3 is 14.2 Å². The fourth-order valence-electron chi connectivity index (χ4n) is 2.03. The summed E-state index contributed by atoms with van der Waals surface area (Å²) in [6.07, 6.45) is 2.06. The molecule has 0 unspecified atom stereocenters. The van der Waals surface area contributed by atoms with Crippen LogP contribution in [0.25, 0.3) is 6.08 Å². The summed E-state index contributed by atoms with van der Waals surface area (Å²) in [4.78, 5) is 10.9. The van der Waals surface area contributed by atoms with Crippen LogP contribution in [0.1, 0.15) is 24.5 Å². The van der Waals surface area contributed by atoms with E-state index in [1.165, 1.54) is 0 Å². The third-order valence-corrected chi connectivity index (χ3v) is 3.63. The van der Waals surface area contributed by atoms with Crippen molar-refractivity contribution < 1.29 is 19.0 Å². The summed E-state index contributed by atoms with van der Waals surface area (Å²) in [6, 6.07) is 8.06. The van der Waals surface area contributed by atoms with E-state index in [9.17, 15) is 4.79 Å². The van der Waals surface area contributed by atoms with Crippen LogP contribution in [0.3, 0.4) is 0 Å². The van der Waals surface area contributed by atoms with Gasteiger partial charge in [-0.05, 0) is 17.5 Å². The molecule has 0 spiro atoms. The molecule has 2 rings (SSSR count). The van der Waals surface area contributed by atoms with E-state index in [0.29, 0.717) is 26.4 Å². The summed E-state index contributed by atoms with van der Waals surface area (Å²) in [7, 11) is 0. The van der Waals surface area contributed by atoms with Crippen LogP contribution in [0.15, 0.2) is 30.8 Å². The van der Waals surface area contributed by atoms with Crippen molar-refractivity contribution in [3.8, 4) is 0 Å². The van der Waals surface area contributed by atoms with Crippen molar-refractivity contribution in [1.82, 2.24) is 0 Å². The lowest BCUT2D eigenvalue weighted by Crippen LogP contribution is -2.42. The van der Waals surface area contributed by atoms with Crippen LogP contribution in [0.2, 0.25) is 0 Å². The molecule has 20 heavy (non-hydrogen) atoms. The van der Waals surface area contributed by atoms with Gasteiger partial charge in [0.25, 0.3) is 0 Å². The van der Waals surface area contributed by atoms with E-state index >= 15 is 0 Å². The van der Waals surface area contributed by atoms with Crippen LogP contribution in [0, 0.1) is 5.41 Å². The third-order valence-electron chi connectivity index (χ3n) is 3.63. The third kappa shape index (κ3) is 3.61. The van der Waals surface area contributed by atoms with Gasteiger partial charge in [-0.1, -0.05) is 43.8 Å². The fraction of sp³-hybridized carbons (Fsp3) is 0.438. The van der Waals surface area contributed by atoms with E-state index in [1.54, 1.807) is 0 Å². The Balaban J connectivity index is 1.84. The molecule has 0 radical (unpaired) electrons. The number of carbonyl (C=O) groups excluding carboxylic acids is 1. The molecule has 1 fully saturated rings. The largest absolute Gasteiger partial charge is 0.508 e. The zero-order chi connectivity index (χ0) is 14.4. The van der Waals surface area contributed by atoms with Gasteiger partial charge in [0.05, 0.1) is 18.6 Å². The van der Waals surface area contributed by atoms with Crippen LogP contribution in [0.5, 0.6) is 0 Å². The smallest absolute Gasteiger partial charge is 0.433 e. The van der Waals surface area contributed by atoms with Crippen molar-refractivity contribution in [3.63, 3.8) is 0 Å². The minimum atomic E-state index is -0.589. The summed E-state index contributed by atoms with van der Waals surface area (Å²) < 4.78 is 15.7. The minimum Gasteiger partial charge on any atom is -0.433 e. The second kappa shape index (κ2) is 6.57. The van der Waals surface area contributed by atoms with E-state index in [4.69, 9.17) is 14.2 Å². The number of rotatable bonds is 6. The Morgan fingerprint density at radius 2 is 1.95 bits per heavy atom. The van der Waals surface area contributed by atoms with Gasteiger partial charge in [0.15, 0.2) is 0 Å². The molecule has 1 saturated heterocycles. The first kappa shape index (κ1) is 14.6. The normalized spacial score (nSPS) is 17.1.